The Kier molecular flexibility index (Phi) is 6.05. The smallest absolute Gasteiger partial charge is 0.232 e. The van der Waals surface area contributed by atoms with Gasteiger partial charge in [-0.15, -0.1) is 0 Å². The highest BCUT2D eigenvalue weighted by molar-refractivity contribution is 6.31. The average molecular weight is 332 g/mol. The summed E-state index contributed by atoms with van der Waals surface area (Å²) in [5, 5.41) is 3.61. The molecule has 0 saturated carbocycles. The first-order valence-corrected chi connectivity index (χ1v) is 8.14. The maximum Gasteiger partial charge on any atom is 0.232 e. The van der Waals surface area contributed by atoms with Gasteiger partial charge in [0, 0.05) is 11.1 Å². The Morgan fingerprint density at radius 2 is 1.96 bits per heavy atom. The third kappa shape index (κ3) is 4.26. The number of aryl methyl sites for hydroxylation is 1. The molecule has 23 heavy (non-hydrogen) atoms. The van der Waals surface area contributed by atoms with Crippen molar-refractivity contribution >= 4 is 23.2 Å². The lowest BCUT2D eigenvalue weighted by atomic mass is 9.93. The van der Waals surface area contributed by atoms with E-state index in [1.54, 1.807) is 13.2 Å². The van der Waals surface area contributed by atoms with Crippen molar-refractivity contribution in [3.05, 3.63) is 58.6 Å². The molecule has 2 aromatic carbocycles. The van der Waals surface area contributed by atoms with E-state index >= 15 is 0 Å². The van der Waals surface area contributed by atoms with E-state index in [0.29, 0.717) is 16.5 Å². The molecule has 0 bridgehead atoms. The molecule has 0 unspecified atom stereocenters. The predicted octanol–water partition coefficient (Wildman–Crippen LogP) is 5.18. The van der Waals surface area contributed by atoms with Crippen molar-refractivity contribution in [1.82, 2.24) is 0 Å². The number of carbonyl (C=O) groups excluding carboxylic acids is 1. The highest BCUT2D eigenvalue weighted by Gasteiger charge is 2.21. The van der Waals surface area contributed by atoms with E-state index in [-0.39, 0.29) is 11.8 Å². The van der Waals surface area contributed by atoms with Gasteiger partial charge in [-0.1, -0.05) is 55.3 Å². The zero-order valence-electron chi connectivity index (χ0n) is 13.7. The summed E-state index contributed by atoms with van der Waals surface area (Å²) in [5.41, 5.74) is 2.57. The van der Waals surface area contributed by atoms with E-state index in [1.807, 2.05) is 43.3 Å². The Morgan fingerprint density at radius 3 is 2.57 bits per heavy atom. The molecular formula is C19H22ClNO2. The summed E-state index contributed by atoms with van der Waals surface area (Å²) in [7, 11) is 1.57. The monoisotopic (exact) mass is 331 g/mol. The lowest BCUT2D eigenvalue weighted by Gasteiger charge is -2.18. The standard InChI is InChI=1S/C19H22ClNO2/c1-4-8-15(14-9-6-5-7-10-14)19(22)21-17-11-13(2)16(20)12-18(17)23-3/h5-7,9-12,15H,4,8H2,1-3H3,(H,21,22)/t15-/m1/s1. The average Bonchev–Trinajstić information content (AvgIpc) is 2.56. The summed E-state index contributed by atoms with van der Waals surface area (Å²) in [5.74, 6) is 0.359. The topological polar surface area (TPSA) is 38.3 Å². The van der Waals surface area contributed by atoms with Crippen LogP contribution in [0.15, 0.2) is 42.5 Å². The van der Waals surface area contributed by atoms with Crippen molar-refractivity contribution < 1.29 is 9.53 Å². The molecule has 1 N–H and O–H groups in total. The van der Waals surface area contributed by atoms with Crippen LogP contribution >= 0.6 is 11.6 Å². The van der Waals surface area contributed by atoms with Crippen LogP contribution in [-0.4, -0.2) is 13.0 Å². The summed E-state index contributed by atoms with van der Waals surface area (Å²) in [6, 6.07) is 13.4. The third-order valence-corrected chi connectivity index (χ3v) is 4.24. The van der Waals surface area contributed by atoms with Gasteiger partial charge >= 0.3 is 0 Å². The number of halogens is 1. The molecule has 0 aliphatic rings. The normalized spacial score (nSPS) is 11.8. The van der Waals surface area contributed by atoms with Crippen LogP contribution in [0.4, 0.5) is 5.69 Å². The Bertz CT molecular complexity index is 671. The van der Waals surface area contributed by atoms with Crippen LogP contribution in [-0.2, 0) is 4.79 Å². The van der Waals surface area contributed by atoms with E-state index < -0.39 is 0 Å². The number of hydrogen-bond acceptors (Lipinski definition) is 2. The first-order valence-electron chi connectivity index (χ1n) is 7.76. The molecule has 0 heterocycles. The molecule has 0 aromatic heterocycles. The van der Waals surface area contributed by atoms with Crippen LogP contribution in [0.3, 0.4) is 0 Å². The molecule has 122 valence electrons. The summed E-state index contributed by atoms with van der Waals surface area (Å²) >= 11 is 6.12. The van der Waals surface area contributed by atoms with Gasteiger partial charge in [-0.05, 0) is 30.5 Å². The number of rotatable bonds is 6. The highest BCUT2D eigenvalue weighted by Crippen LogP contribution is 2.32. The molecule has 2 rings (SSSR count). The number of methoxy groups -OCH3 is 1. The van der Waals surface area contributed by atoms with Crippen molar-refractivity contribution in [1.29, 1.82) is 0 Å². The molecule has 0 saturated heterocycles. The minimum Gasteiger partial charge on any atom is -0.495 e. The van der Waals surface area contributed by atoms with Gasteiger partial charge in [0.2, 0.25) is 5.91 Å². The van der Waals surface area contributed by atoms with E-state index in [2.05, 4.69) is 12.2 Å². The molecule has 1 atom stereocenters. The Labute approximate surface area is 142 Å². The van der Waals surface area contributed by atoms with Gasteiger partial charge in [0.15, 0.2) is 0 Å². The van der Waals surface area contributed by atoms with Crippen LogP contribution in [0.25, 0.3) is 0 Å². The number of nitrogens with one attached hydrogen (secondary N) is 1. The number of hydrogen-bond donors (Lipinski definition) is 1. The summed E-state index contributed by atoms with van der Waals surface area (Å²) < 4.78 is 5.33. The van der Waals surface area contributed by atoms with Crippen LogP contribution in [0.2, 0.25) is 5.02 Å². The minimum atomic E-state index is -0.179. The zero-order chi connectivity index (χ0) is 16.8. The van der Waals surface area contributed by atoms with E-state index in [0.717, 1.165) is 24.0 Å². The fourth-order valence-electron chi connectivity index (χ4n) is 2.57. The van der Waals surface area contributed by atoms with E-state index in [9.17, 15) is 4.79 Å². The fraction of sp³-hybridized carbons (Fsp3) is 0.316. The van der Waals surface area contributed by atoms with Gasteiger partial charge in [0.1, 0.15) is 5.75 Å². The molecule has 2 aromatic rings. The minimum absolute atomic E-state index is 0.0296. The highest BCUT2D eigenvalue weighted by atomic mass is 35.5. The molecule has 4 heteroatoms. The second-order valence-corrected chi connectivity index (χ2v) is 5.95. The van der Waals surface area contributed by atoms with Crippen LogP contribution in [0, 0.1) is 6.92 Å². The van der Waals surface area contributed by atoms with Crippen LogP contribution in [0.1, 0.15) is 36.8 Å². The van der Waals surface area contributed by atoms with Crippen molar-refractivity contribution in [2.24, 2.45) is 0 Å². The molecule has 0 fully saturated rings. The van der Waals surface area contributed by atoms with Crippen molar-refractivity contribution in [3.8, 4) is 5.75 Å². The lowest BCUT2D eigenvalue weighted by Crippen LogP contribution is -2.21. The van der Waals surface area contributed by atoms with E-state index in [1.165, 1.54) is 0 Å². The molecule has 0 aliphatic heterocycles. The molecule has 0 aliphatic carbocycles. The molecule has 0 radical (unpaired) electrons. The maximum absolute atomic E-state index is 12.8. The van der Waals surface area contributed by atoms with E-state index in [4.69, 9.17) is 16.3 Å². The van der Waals surface area contributed by atoms with Gasteiger partial charge in [0.05, 0.1) is 18.7 Å². The van der Waals surface area contributed by atoms with Crippen molar-refractivity contribution in [3.63, 3.8) is 0 Å². The largest absolute Gasteiger partial charge is 0.495 e. The zero-order valence-corrected chi connectivity index (χ0v) is 14.5. The first kappa shape index (κ1) is 17.4. The van der Waals surface area contributed by atoms with Gasteiger partial charge < -0.3 is 10.1 Å². The predicted molar refractivity (Wildman–Crippen MR) is 95.5 cm³/mol. The second-order valence-electron chi connectivity index (χ2n) is 5.54. The summed E-state index contributed by atoms with van der Waals surface area (Å²) in [4.78, 5) is 12.8. The molecule has 3 nitrogen and oxygen atoms in total. The summed E-state index contributed by atoms with van der Waals surface area (Å²) in [6.45, 7) is 3.98. The Hall–Kier alpha value is -2.00. The van der Waals surface area contributed by atoms with Gasteiger partial charge in [0.25, 0.3) is 0 Å². The number of ether oxygens (including phenoxy) is 1. The number of carbonyl (C=O) groups is 1. The van der Waals surface area contributed by atoms with Crippen LogP contribution in [0.5, 0.6) is 5.75 Å². The Morgan fingerprint density at radius 1 is 1.26 bits per heavy atom. The molecule has 0 spiro atoms. The van der Waals surface area contributed by atoms with Gasteiger partial charge in [-0.3, -0.25) is 4.79 Å². The fourth-order valence-corrected chi connectivity index (χ4v) is 2.73. The first-order chi connectivity index (χ1) is 11.1. The van der Waals surface area contributed by atoms with Gasteiger partial charge in [-0.25, -0.2) is 0 Å². The quantitative estimate of drug-likeness (QED) is 0.792. The van der Waals surface area contributed by atoms with Crippen LogP contribution < -0.4 is 10.1 Å². The number of amides is 1. The molecular weight excluding hydrogens is 310 g/mol. The maximum atomic E-state index is 12.8. The van der Waals surface area contributed by atoms with Gasteiger partial charge in [-0.2, -0.15) is 0 Å². The second kappa shape index (κ2) is 8.02. The third-order valence-electron chi connectivity index (χ3n) is 3.83. The van der Waals surface area contributed by atoms with Crippen molar-refractivity contribution in [2.75, 3.05) is 12.4 Å². The summed E-state index contributed by atoms with van der Waals surface area (Å²) in [6.07, 6.45) is 1.73. The SMILES string of the molecule is CCC[C@@H](C(=O)Nc1cc(C)c(Cl)cc1OC)c1ccccc1. The number of anilines is 1. The lowest BCUT2D eigenvalue weighted by molar-refractivity contribution is -0.117. The molecule has 1 amide bonds. The van der Waals surface area contributed by atoms with Crippen molar-refractivity contribution in [2.45, 2.75) is 32.6 Å². The number of benzene rings is 2. The Balaban J connectivity index is 2.27.